The van der Waals surface area contributed by atoms with Crippen molar-refractivity contribution in [2.45, 2.75) is 55.8 Å². The van der Waals surface area contributed by atoms with E-state index in [9.17, 15) is 4.79 Å². The molecule has 2 unspecified atom stereocenters. The zero-order chi connectivity index (χ0) is 17.8. The van der Waals surface area contributed by atoms with Crippen LogP contribution in [0.15, 0.2) is 34.5 Å². The van der Waals surface area contributed by atoms with E-state index in [0.717, 1.165) is 52.7 Å². The molecule has 1 aliphatic heterocycles. The molecule has 1 fully saturated rings. The average molecular weight is 448 g/mol. The van der Waals surface area contributed by atoms with Crippen molar-refractivity contribution in [1.82, 2.24) is 9.88 Å². The minimum atomic E-state index is 0. The summed E-state index contributed by atoms with van der Waals surface area (Å²) in [6, 6.07) is 8.10. The number of hydrogen-bond acceptors (Lipinski definition) is 5. The summed E-state index contributed by atoms with van der Waals surface area (Å²) < 4.78 is 0. The van der Waals surface area contributed by atoms with E-state index >= 15 is 0 Å². The van der Waals surface area contributed by atoms with Crippen LogP contribution in [0.3, 0.4) is 0 Å². The Balaban J connectivity index is 0.00000182. The molecule has 1 amide bonds. The highest BCUT2D eigenvalue weighted by Crippen LogP contribution is 2.26. The van der Waals surface area contributed by atoms with Gasteiger partial charge in [0, 0.05) is 40.2 Å². The number of halogens is 2. The fourth-order valence-electron chi connectivity index (χ4n) is 3.25. The maximum absolute atomic E-state index is 12.9. The standard InChI is InChI=1S/C19H25N3OS2.2ClH/c1-13(20)18-5-3-4-10-22(18)19(23)15-6-8-17(9-7-15)25-12-16-11-24-14(2)21-16;;/h6-9,11,13,18H,3-5,10,12,20H2,1-2H3;2*1H. The van der Waals surface area contributed by atoms with Gasteiger partial charge >= 0.3 is 0 Å². The summed E-state index contributed by atoms with van der Waals surface area (Å²) in [7, 11) is 0. The number of piperidine rings is 1. The molecule has 0 aliphatic carbocycles. The number of rotatable bonds is 5. The zero-order valence-electron chi connectivity index (χ0n) is 15.6. The normalized spacial score (nSPS) is 17.6. The van der Waals surface area contributed by atoms with Crippen LogP contribution in [0.4, 0.5) is 0 Å². The Hall–Kier alpha value is -0.790. The lowest BCUT2D eigenvalue weighted by Gasteiger charge is -2.38. The van der Waals surface area contributed by atoms with E-state index in [1.54, 1.807) is 23.1 Å². The fraction of sp³-hybridized carbons (Fsp3) is 0.474. The molecule has 8 heteroatoms. The van der Waals surface area contributed by atoms with Crippen molar-refractivity contribution in [3.63, 3.8) is 0 Å². The predicted octanol–water partition coefficient (Wildman–Crippen LogP) is 4.93. The summed E-state index contributed by atoms with van der Waals surface area (Å²) in [6.45, 7) is 4.83. The highest BCUT2D eigenvalue weighted by molar-refractivity contribution is 7.98. The van der Waals surface area contributed by atoms with Gasteiger partial charge < -0.3 is 10.6 Å². The number of thioether (sulfide) groups is 1. The first-order valence-electron chi connectivity index (χ1n) is 8.75. The maximum atomic E-state index is 12.9. The molecule has 1 aromatic heterocycles. The van der Waals surface area contributed by atoms with Gasteiger partial charge in [0.05, 0.1) is 10.7 Å². The highest BCUT2D eigenvalue weighted by atomic mass is 35.5. The second kappa shape index (κ2) is 11.3. The third-order valence-electron chi connectivity index (χ3n) is 4.57. The number of benzene rings is 1. The van der Waals surface area contributed by atoms with Crippen LogP contribution in [0, 0.1) is 6.92 Å². The number of aryl methyl sites for hydroxylation is 1. The molecular weight excluding hydrogens is 421 g/mol. The summed E-state index contributed by atoms with van der Waals surface area (Å²) in [4.78, 5) is 20.5. The minimum absolute atomic E-state index is 0. The Morgan fingerprint density at radius 2 is 2.04 bits per heavy atom. The fourth-order valence-corrected chi connectivity index (χ4v) is 4.76. The van der Waals surface area contributed by atoms with E-state index in [1.165, 1.54) is 0 Å². The number of carbonyl (C=O) groups excluding carboxylic acids is 1. The van der Waals surface area contributed by atoms with Gasteiger partial charge in [0.25, 0.3) is 5.91 Å². The molecule has 0 saturated carbocycles. The number of carbonyl (C=O) groups is 1. The van der Waals surface area contributed by atoms with Crippen LogP contribution in [0.2, 0.25) is 0 Å². The number of nitrogens with zero attached hydrogens (tertiary/aromatic N) is 2. The van der Waals surface area contributed by atoms with Crippen LogP contribution in [0.5, 0.6) is 0 Å². The van der Waals surface area contributed by atoms with E-state index in [0.29, 0.717) is 0 Å². The summed E-state index contributed by atoms with van der Waals surface area (Å²) in [5, 5.41) is 3.20. The monoisotopic (exact) mass is 447 g/mol. The largest absolute Gasteiger partial charge is 0.334 e. The third-order valence-corrected chi connectivity index (χ3v) is 6.44. The average Bonchev–Trinajstić information content (AvgIpc) is 3.05. The van der Waals surface area contributed by atoms with Crippen LogP contribution in [-0.2, 0) is 5.75 Å². The smallest absolute Gasteiger partial charge is 0.254 e. The number of amides is 1. The number of likely N-dealkylation sites (tertiary alicyclic amines) is 1. The van der Waals surface area contributed by atoms with Gasteiger partial charge in [-0.25, -0.2) is 4.98 Å². The Bertz CT molecular complexity index is 722. The summed E-state index contributed by atoms with van der Waals surface area (Å²) in [6.07, 6.45) is 3.22. The summed E-state index contributed by atoms with van der Waals surface area (Å²) >= 11 is 3.43. The molecule has 3 rings (SSSR count). The van der Waals surface area contributed by atoms with Crippen molar-refractivity contribution in [2.75, 3.05) is 6.54 Å². The number of thiazole rings is 1. The maximum Gasteiger partial charge on any atom is 0.254 e. The molecule has 2 heterocycles. The Morgan fingerprint density at radius 3 is 2.63 bits per heavy atom. The number of aromatic nitrogens is 1. The topological polar surface area (TPSA) is 59.2 Å². The zero-order valence-corrected chi connectivity index (χ0v) is 18.9. The predicted molar refractivity (Wildman–Crippen MR) is 120 cm³/mol. The molecule has 4 nitrogen and oxygen atoms in total. The van der Waals surface area contributed by atoms with Crippen molar-refractivity contribution < 1.29 is 4.79 Å². The van der Waals surface area contributed by atoms with Crippen LogP contribution in [-0.4, -0.2) is 34.4 Å². The van der Waals surface area contributed by atoms with Crippen molar-refractivity contribution >= 4 is 53.8 Å². The third kappa shape index (κ3) is 6.36. The summed E-state index contributed by atoms with van der Waals surface area (Å²) in [5.74, 6) is 0.963. The van der Waals surface area contributed by atoms with Gasteiger partial charge in [0.2, 0.25) is 0 Å². The second-order valence-electron chi connectivity index (χ2n) is 6.59. The van der Waals surface area contributed by atoms with Gasteiger partial charge in [-0.05, 0) is 57.4 Å². The van der Waals surface area contributed by atoms with E-state index in [4.69, 9.17) is 5.73 Å². The number of hydrogen-bond donors (Lipinski definition) is 1. The van der Waals surface area contributed by atoms with Crippen LogP contribution in [0.1, 0.15) is 47.2 Å². The van der Waals surface area contributed by atoms with Gasteiger partial charge in [-0.1, -0.05) is 0 Å². The number of nitrogens with two attached hydrogens (primary N) is 1. The van der Waals surface area contributed by atoms with E-state index < -0.39 is 0 Å². The summed E-state index contributed by atoms with van der Waals surface area (Å²) in [5.41, 5.74) is 7.95. The van der Waals surface area contributed by atoms with Crippen molar-refractivity contribution in [3.8, 4) is 0 Å². The van der Waals surface area contributed by atoms with Gasteiger partial charge in [0.1, 0.15) is 0 Å². The Kier molecular flexibility index (Phi) is 10.1. The molecule has 2 N–H and O–H groups in total. The minimum Gasteiger partial charge on any atom is -0.334 e. The molecule has 0 bridgehead atoms. The molecule has 2 atom stereocenters. The SMILES string of the molecule is Cc1nc(CSc2ccc(C(=O)N3CCCCC3C(C)N)cc2)cs1.Cl.Cl. The quantitative estimate of drug-likeness (QED) is 0.659. The Labute approximate surface area is 182 Å². The van der Waals surface area contributed by atoms with Crippen LogP contribution in [0.25, 0.3) is 0 Å². The molecule has 2 aromatic rings. The molecule has 1 aromatic carbocycles. The molecule has 1 saturated heterocycles. The molecule has 1 aliphatic rings. The first kappa shape index (κ1) is 24.2. The lowest BCUT2D eigenvalue weighted by atomic mass is 9.96. The van der Waals surface area contributed by atoms with E-state index in [-0.39, 0.29) is 42.8 Å². The van der Waals surface area contributed by atoms with Crippen molar-refractivity contribution in [1.29, 1.82) is 0 Å². The Morgan fingerprint density at radius 1 is 1.33 bits per heavy atom. The molecule has 0 radical (unpaired) electrons. The molecular formula is C19H27Cl2N3OS2. The van der Waals surface area contributed by atoms with Gasteiger partial charge in [-0.15, -0.1) is 47.9 Å². The van der Waals surface area contributed by atoms with E-state index in [1.807, 2.05) is 43.0 Å². The van der Waals surface area contributed by atoms with E-state index in [2.05, 4.69) is 10.4 Å². The van der Waals surface area contributed by atoms with Gasteiger partial charge in [-0.2, -0.15) is 0 Å². The molecule has 0 spiro atoms. The van der Waals surface area contributed by atoms with Crippen LogP contribution < -0.4 is 5.73 Å². The first-order chi connectivity index (χ1) is 12.0. The highest BCUT2D eigenvalue weighted by Gasteiger charge is 2.29. The van der Waals surface area contributed by atoms with Crippen LogP contribution >= 0.6 is 47.9 Å². The van der Waals surface area contributed by atoms with Crippen molar-refractivity contribution in [3.05, 3.63) is 45.9 Å². The second-order valence-corrected chi connectivity index (χ2v) is 8.70. The molecule has 150 valence electrons. The molecule has 27 heavy (non-hydrogen) atoms. The van der Waals surface area contributed by atoms with Crippen molar-refractivity contribution in [2.24, 2.45) is 5.73 Å². The lowest BCUT2D eigenvalue weighted by molar-refractivity contribution is 0.0584. The first-order valence-corrected chi connectivity index (χ1v) is 10.6. The van der Waals surface area contributed by atoms with Gasteiger partial charge in [-0.3, -0.25) is 4.79 Å². The van der Waals surface area contributed by atoms with Gasteiger partial charge in [0.15, 0.2) is 0 Å². The lowest BCUT2D eigenvalue weighted by Crippen LogP contribution is -2.51.